The van der Waals surface area contributed by atoms with Crippen LogP contribution in [0.25, 0.3) is 16.8 Å². The van der Waals surface area contributed by atoms with Crippen molar-refractivity contribution in [2.75, 3.05) is 11.5 Å². The Bertz CT molecular complexity index is 1480. The number of anilines is 1. The van der Waals surface area contributed by atoms with Gasteiger partial charge in [-0.15, -0.1) is 0 Å². The van der Waals surface area contributed by atoms with E-state index in [4.69, 9.17) is 4.74 Å². The summed E-state index contributed by atoms with van der Waals surface area (Å²) < 4.78 is 5.76. The van der Waals surface area contributed by atoms with E-state index in [9.17, 15) is 14.7 Å². The Morgan fingerprint density at radius 3 is 2.65 bits per heavy atom. The summed E-state index contributed by atoms with van der Waals surface area (Å²) in [7, 11) is 0. The van der Waals surface area contributed by atoms with Crippen LogP contribution in [0.2, 0.25) is 0 Å². The molecule has 0 saturated carbocycles. The van der Waals surface area contributed by atoms with Crippen molar-refractivity contribution in [3.8, 4) is 5.75 Å². The van der Waals surface area contributed by atoms with Gasteiger partial charge in [-0.3, -0.25) is 19.5 Å². The molecule has 37 heavy (non-hydrogen) atoms. The minimum absolute atomic E-state index is 0.0220. The second-order valence-corrected chi connectivity index (χ2v) is 9.12. The number of nitrogens with zero attached hydrogens (tertiary/aromatic N) is 3. The zero-order chi connectivity index (χ0) is 25.9. The first kappa shape index (κ1) is 24.2. The lowest BCUT2D eigenvalue weighted by Crippen LogP contribution is -2.30. The normalized spacial score (nSPS) is 17.0. The van der Waals surface area contributed by atoms with E-state index in [-0.39, 0.29) is 17.3 Å². The fraction of sp³-hybridized carbons (Fsp3) is 0.241. The molecule has 1 unspecified atom stereocenters. The van der Waals surface area contributed by atoms with Crippen molar-refractivity contribution >= 4 is 34.4 Å². The van der Waals surface area contributed by atoms with Gasteiger partial charge in [0, 0.05) is 18.0 Å². The number of aryl methyl sites for hydroxylation is 1. The van der Waals surface area contributed by atoms with E-state index in [1.807, 2.05) is 25.1 Å². The molecule has 0 radical (unpaired) electrons. The number of H-pyrrole nitrogens is 1. The predicted molar refractivity (Wildman–Crippen MR) is 141 cm³/mol. The van der Waals surface area contributed by atoms with E-state index in [0.29, 0.717) is 29.0 Å². The Kier molecular flexibility index (Phi) is 6.72. The number of amides is 1. The van der Waals surface area contributed by atoms with Crippen LogP contribution in [0.3, 0.4) is 0 Å². The van der Waals surface area contributed by atoms with Crippen molar-refractivity contribution in [2.45, 2.75) is 39.2 Å². The Morgan fingerprint density at radius 2 is 1.92 bits per heavy atom. The first-order valence-corrected chi connectivity index (χ1v) is 12.4. The van der Waals surface area contributed by atoms with Gasteiger partial charge < -0.3 is 14.8 Å². The van der Waals surface area contributed by atoms with Crippen LogP contribution >= 0.6 is 0 Å². The molecule has 1 amide bonds. The number of imidazole rings is 1. The van der Waals surface area contributed by atoms with E-state index < -0.39 is 17.7 Å². The number of unbranched alkanes of at least 4 members (excludes halogenated alkanes) is 2. The second-order valence-electron chi connectivity index (χ2n) is 9.12. The Hall–Kier alpha value is -4.46. The molecule has 0 bridgehead atoms. The summed E-state index contributed by atoms with van der Waals surface area (Å²) in [5.74, 6) is -0.926. The topological polar surface area (TPSA) is 108 Å². The lowest BCUT2D eigenvalue weighted by molar-refractivity contribution is -0.132. The lowest BCUT2D eigenvalue weighted by atomic mass is 9.96. The zero-order valence-corrected chi connectivity index (χ0v) is 20.8. The van der Waals surface area contributed by atoms with Crippen LogP contribution in [0.4, 0.5) is 5.95 Å². The van der Waals surface area contributed by atoms with Crippen LogP contribution in [0.15, 0.2) is 72.6 Å². The minimum atomic E-state index is -0.902. The molecule has 8 heteroatoms. The molecule has 8 nitrogen and oxygen atoms in total. The van der Waals surface area contributed by atoms with E-state index in [0.717, 1.165) is 30.3 Å². The highest BCUT2D eigenvalue weighted by Gasteiger charge is 2.48. The molecule has 2 N–H and O–H groups in total. The maximum atomic E-state index is 13.3. The largest absolute Gasteiger partial charge is 0.507 e. The standard InChI is InChI=1S/C29H28N4O4/c1-3-4-5-15-37-21-11-9-19(10-12-21)26(34)24-25(20-7-6-14-30-17-20)33(28(36)27(24)35)29-31-22-13-8-18(2)16-23(22)32-29/h6-14,16-17,25,34H,3-5,15H2,1-2H3,(H,31,32)/b26-24+. The third kappa shape index (κ3) is 4.70. The van der Waals surface area contributed by atoms with E-state index in [1.54, 1.807) is 48.8 Å². The van der Waals surface area contributed by atoms with Crippen molar-refractivity contribution < 1.29 is 19.4 Å². The summed E-state index contributed by atoms with van der Waals surface area (Å²) in [4.78, 5) is 39.9. The molecule has 3 heterocycles. The highest BCUT2D eigenvalue weighted by molar-refractivity contribution is 6.51. The average Bonchev–Trinajstić information content (AvgIpc) is 3.44. The van der Waals surface area contributed by atoms with Gasteiger partial charge in [-0.25, -0.2) is 4.98 Å². The fourth-order valence-electron chi connectivity index (χ4n) is 4.53. The number of ether oxygens (including phenoxy) is 1. The van der Waals surface area contributed by atoms with Crippen molar-refractivity contribution in [1.29, 1.82) is 0 Å². The molecule has 5 rings (SSSR count). The molecule has 1 saturated heterocycles. The second kappa shape index (κ2) is 10.3. The van der Waals surface area contributed by atoms with Gasteiger partial charge in [-0.1, -0.05) is 31.9 Å². The number of Topliss-reactive ketones (excluding diaryl/α,β-unsaturated/α-hetero) is 1. The van der Waals surface area contributed by atoms with Crippen molar-refractivity contribution in [3.05, 3.63) is 89.3 Å². The summed E-state index contributed by atoms with van der Waals surface area (Å²) in [6, 6.07) is 15.2. The summed E-state index contributed by atoms with van der Waals surface area (Å²) in [6.45, 7) is 4.71. The van der Waals surface area contributed by atoms with Gasteiger partial charge in [0.2, 0.25) is 5.95 Å². The number of fused-ring (bicyclic) bond motifs is 1. The summed E-state index contributed by atoms with van der Waals surface area (Å²) in [5.41, 5.74) is 3.42. The van der Waals surface area contributed by atoms with Crippen LogP contribution in [-0.2, 0) is 9.59 Å². The van der Waals surface area contributed by atoms with E-state index in [1.165, 1.54) is 4.90 Å². The number of hydrogen-bond acceptors (Lipinski definition) is 6. The molecule has 0 aliphatic carbocycles. The van der Waals surface area contributed by atoms with Crippen molar-refractivity contribution in [2.24, 2.45) is 0 Å². The summed E-state index contributed by atoms with van der Waals surface area (Å²) in [5, 5.41) is 11.3. The fourth-order valence-corrected chi connectivity index (χ4v) is 4.53. The zero-order valence-electron chi connectivity index (χ0n) is 20.8. The molecular formula is C29H28N4O4. The molecule has 1 aliphatic heterocycles. The van der Waals surface area contributed by atoms with Gasteiger partial charge in [0.1, 0.15) is 11.5 Å². The number of ketones is 1. The van der Waals surface area contributed by atoms with E-state index in [2.05, 4.69) is 21.9 Å². The quantitative estimate of drug-likeness (QED) is 0.145. The number of carbonyl (C=O) groups excluding carboxylic acids is 2. The monoisotopic (exact) mass is 496 g/mol. The first-order valence-electron chi connectivity index (χ1n) is 12.4. The molecule has 1 aliphatic rings. The maximum Gasteiger partial charge on any atom is 0.302 e. The van der Waals surface area contributed by atoms with Gasteiger partial charge in [-0.05, 0) is 66.9 Å². The van der Waals surface area contributed by atoms with Gasteiger partial charge in [0.15, 0.2) is 0 Å². The van der Waals surface area contributed by atoms with Gasteiger partial charge in [0.05, 0.1) is 29.3 Å². The first-order chi connectivity index (χ1) is 18.0. The minimum Gasteiger partial charge on any atom is -0.507 e. The number of aliphatic hydroxyl groups is 1. The van der Waals surface area contributed by atoms with Crippen LogP contribution < -0.4 is 9.64 Å². The Balaban J connectivity index is 1.55. The number of pyridine rings is 1. The SMILES string of the molecule is CCCCCOc1ccc(/C(O)=C2\C(=O)C(=O)N(c3nc4ccc(C)cc4[nH]3)C2c2cccnc2)cc1. The smallest absolute Gasteiger partial charge is 0.302 e. The van der Waals surface area contributed by atoms with Crippen LogP contribution in [-0.4, -0.2) is 38.4 Å². The number of hydrogen-bond donors (Lipinski definition) is 2. The number of rotatable bonds is 8. The molecule has 4 aromatic rings. The molecule has 1 atom stereocenters. The third-order valence-corrected chi connectivity index (χ3v) is 6.44. The van der Waals surface area contributed by atoms with Crippen LogP contribution in [0, 0.1) is 6.92 Å². The third-order valence-electron chi connectivity index (χ3n) is 6.44. The molecule has 1 fully saturated rings. The van der Waals surface area contributed by atoms with Gasteiger partial charge >= 0.3 is 5.91 Å². The molecular weight excluding hydrogens is 468 g/mol. The van der Waals surface area contributed by atoms with Crippen LogP contribution in [0.1, 0.15) is 48.9 Å². The Morgan fingerprint density at radius 1 is 1.11 bits per heavy atom. The number of nitrogens with one attached hydrogen (secondary N) is 1. The van der Waals surface area contributed by atoms with Crippen molar-refractivity contribution in [3.63, 3.8) is 0 Å². The number of aromatic nitrogens is 3. The Labute approximate surface area is 214 Å². The predicted octanol–water partition coefficient (Wildman–Crippen LogP) is 5.46. The van der Waals surface area contributed by atoms with Gasteiger partial charge in [-0.2, -0.15) is 0 Å². The number of benzene rings is 2. The molecule has 2 aromatic carbocycles. The van der Waals surface area contributed by atoms with Crippen LogP contribution in [0.5, 0.6) is 5.75 Å². The molecule has 188 valence electrons. The molecule has 2 aromatic heterocycles. The van der Waals surface area contributed by atoms with Gasteiger partial charge in [0.25, 0.3) is 5.78 Å². The van der Waals surface area contributed by atoms with E-state index >= 15 is 0 Å². The number of aliphatic hydroxyl groups excluding tert-OH is 1. The number of aromatic amines is 1. The average molecular weight is 497 g/mol. The summed E-state index contributed by atoms with van der Waals surface area (Å²) >= 11 is 0. The van der Waals surface area contributed by atoms with Crippen molar-refractivity contribution in [1.82, 2.24) is 15.0 Å². The lowest BCUT2D eigenvalue weighted by Gasteiger charge is -2.22. The number of carbonyl (C=O) groups is 2. The molecule has 0 spiro atoms. The maximum absolute atomic E-state index is 13.3. The highest BCUT2D eigenvalue weighted by atomic mass is 16.5. The highest BCUT2D eigenvalue weighted by Crippen LogP contribution is 2.41. The summed E-state index contributed by atoms with van der Waals surface area (Å²) in [6.07, 6.45) is 6.36.